The van der Waals surface area contributed by atoms with Gasteiger partial charge in [-0.15, -0.1) is 11.3 Å². The summed E-state index contributed by atoms with van der Waals surface area (Å²) in [6.45, 7) is 3.85. The van der Waals surface area contributed by atoms with Gasteiger partial charge in [0, 0.05) is 29.2 Å². The Morgan fingerprint density at radius 2 is 2.05 bits per heavy atom. The topological polar surface area (TPSA) is 50.3 Å². The summed E-state index contributed by atoms with van der Waals surface area (Å²) in [5, 5.41) is 0.182. The molecule has 20 heavy (non-hydrogen) atoms. The summed E-state index contributed by atoms with van der Waals surface area (Å²) in [6, 6.07) is 5.15. The summed E-state index contributed by atoms with van der Waals surface area (Å²) in [6.07, 6.45) is 2.74. The third-order valence-corrected chi connectivity index (χ3v) is 6.68. The second-order valence-corrected chi connectivity index (χ2v) is 8.14. The Hall–Kier alpha value is -0.950. The van der Waals surface area contributed by atoms with Crippen LogP contribution in [0.1, 0.15) is 22.7 Å². The minimum Gasteiger partial charge on any atom is -0.263 e. The van der Waals surface area contributed by atoms with E-state index in [2.05, 4.69) is 4.98 Å². The van der Waals surface area contributed by atoms with E-state index in [4.69, 9.17) is 11.6 Å². The maximum absolute atomic E-state index is 12.6. The van der Waals surface area contributed by atoms with Crippen LogP contribution in [0.15, 0.2) is 35.5 Å². The molecule has 2 rings (SSSR count). The van der Waals surface area contributed by atoms with Crippen molar-refractivity contribution in [2.75, 3.05) is 7.05 Å². The highest BCUT2D eigenvalue weighted by Crippen LogP contribution is 2.31. The van der Waals surface area contributed by atoms with Gasteiger partial charge >= 0.3 is 0 Å². The van der Waals surface area contributed by atoms with Crippen LogP contribution in [-0.2, 0) is 10.0 Å². The second kappa shape index (κ2) is 5.81. The first-order valence-corrected chi connectivity index (χ1v) is 8.61. The number of sulfonamides is 1. The molecule has 7 heteroatoms. The number of nitrogens with zero attached hydrogens (tertiary/aromatic N) is 2. The first-order chi connectivity index (χ1) is 9.34. The van der Waals surface area contributed by atoms with E-state index in [1.807, 2.05) is 26.0 Å². The van der Waals surface area contributed by atoms with Gasteiger partial charge in [0.05, 0.1) is 11.1 Å². The Morgan fingerprint density at radius 3 is 2.60 bits per heavy atom. The van der Waals surface area contributed by atoms with Crippen LogP contribution in [0.5, 0.6) is 0 Å². The molecule has 0 aromatic carbocycles. The Kier molecular flexibility index (Phi) is 4.49. The van der Waals surface area contributed by atoms with Crippen LogP contribution in [-0.4, -0.2) is 24.8 Å². The van der Waals surface area contributed by atoms with E-state index in [9.17, 15) is 8.42 Å². The van der Waals surface area contributed by atoms with Crippen molar-refractivity contribution in [2.45, 2.75) is 24.8 Å². The van der Waals surface area contributed by atoms with Gasteiger partial charge in [0.1, 0.15) is 4.90 Å². The zero-order valence-corrected chi connectivity index (χ0v) is 13.8. The van der Waals surface area contributed by atoms with Gasteiger partial charge in [-0.05, 0) is 32.0 Å². The van der Waals surface area contributed by atoms with Gasteiger partial charge in [-0.1, -0.05) is 11.6 Å². The number of hydrogen-bond donors (Lipinski definition) is 0. The van der Waals surface area contributed by atoms with Crippen molar-refractivity contribution in [1.82, 2.24) is 9.29 Å². The Balaban J connectivity index is 2.37. The van der Waals surface area contributed by atoms with Crippen molar-refractivity contribution < 1.29 is 8.42 Å². The van der Waals surface area contributed by atoms with Gasteiger partial charge in [-0.2, -0.15) is 4.31 Å². The number of halogens is 1. The molecule has 0 radical (unpaired) electrons. The number of rotatable bonds is 4. The SMILES string of the molecule is Cc1ccc(C(C)N(C)S(=O)(=O)c2cnccc2Cl)s1. The van der Waals surface area contributed by atoms with Crippen LogP contribution in [0.3, 0.4) is 0 Å². The Bertz CT molecular complexity index is 713. The van der Waals surface area contributed by atoms with Crippen molar-refractivity contribution in [3.05, 3.63) is 45.4 Å². The normalized spacial score (nSPS) is 13.7. The molecule has 0 N–H and O–H groups in total. The summed E-state index contributed by atoms with van der Waals surface area (Å²) in [5.74, 6) is 0. The minimum atomic E-state index is -3.66. The van der Waals surface area contributed by atoms with E-state index in [0.717, 1.165) is 9.75 Å². The van der Waals surface area contributed by atoms with E-state index in [1.54, 1.807) is 18.4 Å². The highest BCUT2D eigenvalue weighted by Gasteiger charge is 2.29. The van der Waals surface area contributed by atoms with Gasteiger partial charge < -0.3 is 0 Å². The van der Waals surface area contributed by atoms with Crippen LogP contribution in [0.25, 0.3) is 0 Å². The fraction of sp³-hybridized carbons (Fsp3) is 0.308. The number of thiophene rings is 1. The Labute approximate surface area is 128 Å². The lowest BCUT2D eigenvalue weighted by molar-refractivity contribution is 0.402. The second-order valence-electron chi connectivity index (χ2n) is 4.45. The fourth-order valence-electron chi connectivity index (χ4n) is 1.77. The zero-order valence-electron chi connectivity index (χ0n) is 11.4. The molecule has 1 atom stereocenters. The molecule has 0 aliphatic rings. The third-order valence-electron chi connectivity index (χ3n) is 3.11. The van der Waals surface area contributed by atoms with E-state index >= 15 is 0 Å². The molecule has 0 fully saturated rings. The largest absolute Gasteiger partial charge is 0.263 e. The number of pyridine rings is 1. The Morgan fingerprint density at radius 1 is 1.35 bits per heavy atom. The van der Waals surface area contributed by atoms with Crippen molar-refractivity contribution in [1.29, 1.82) is 0 Å². The summed E-state index contributed by atoms with van der Waals surface area (Å²) in [5.41, 5.74) is 0. The molecule has 0 saturated heterocycles. The third kappa shape index (κ3) is 2.88. The molecule has 108 valence electrons. The first-order valence-electron chi connectivity index (χ1n) is 5.98. The lowest BCUT2D eigenvalue weighted by Gasteiger charge is -2.23. The summed E-state index contributed by atoms with van der Waals surface area (Å²) < 4.78 is 26.5. The van der Waals surface area contributed by atoms with E-state index < -0.39 is 10.0 Å². The average Bonchev–Trinajstić information content (AvgIpc) is 2.84. The molecule has 0 bridgehead atoms. The van der Waals surface area contributed by atoms with E-state index in [1.165, 1.54) is 22.8 Å². The molecule has 2 aromatic heterocycles. The molecule has 0 aliphatic heterocycles. The molecule has 0 saturated carbocycles. The van der Waals surface area contributed by atoms with Crippen molar-refractivity contribution in [3.63, 3.8) is 0 Å². The monoisotopic (exact) mass is 330 g/mol. The molecule has 1 unspecified atom stereocenters. The van der Waals surface area contributed by atoms with Crippen LogP contribution >= 0.6 is 22.9 Å². The maximum atomic E-state index is 12.6. The highest BCUT2D eigenvalue weighted by molar-refractivity contribution is 7.89. The van der Waals surface area contributed by atoms with Crippen molar-refractivity contribution in [2.24, 2.45) is 0 Å². The molecule has 2 aromatic rings. The molecule has 0 aliphatic carbocycles. The standard InChI is InChI=1S/C13H15ClN2O2S2/c1-9-4-5-12(19-9)10(2)16(3)20(17,18)13-8-15-7-6-11(13)14/h4-8,10H,1-3H3. The number of hydrogen-bond acceptors (Lipinski definition) is 4. The fourth-order valence-corrected chi connectivity index (χ4v) is 4.56. The quantitative estimate of drug-likeness (QED) is 0.862. The van der Waals surface area contributed by atoms with E-state index in [-0.39, 0.29) is 16.0 Å². The molecule has 0 spiro atoms. The lowest BCUT2D eigenvalue weighted by atomic mass is 10.3. The van der Waals surface area contributed by atoms with Gasteiger partial charge in [-0.25, -0.2) is 8.42 Å². The highest BCUT2D eigenvalue weighted by atomic mass is 35.5. The van der Waals surface area contributed by atoms with Gasteiger partial charge in [0.15, 0.2) is 0 Å². The van der Waals surface area contributed by atoms with Crippen LogP contribution in [0.4, 0.5) is 0 Å². The average molecular weight is 331 g/mol. The molecular weight excluding hydrogens is 316 g/mol. The lowest BCUT2D eigenvalue weighted by Crippen LogP contribution is -2.29. The zero-order chi connectivity index (χ0) is 14.9. The molecule has 2 heterocycles. The molecule has 4 nitrogen and oxygen atoms in total. The molecular formula is C13H15ClN2O2S2. The summed E-state index contributed by atoms with van der Waals surface area (Å²) in [4.78, 5) is 6.02. The maximum Gasteiger partial charge on any atom is 0.246 e. The minimum absolute atomic E-state index is 0.0318. The van der Waals surface area contributed by atoms with Gasteiger partial charge in [0.2, 0.25) is 10.0 Å². The number of aromatic nitrogens is 1. The summed E-state index contributed by atoms with van der Waals surface area (Å²) in [7, 11) is -2.11. The van der Waals surface area contributed by atoms with Crippen LogP contribution in [0.2, 0.25) is 5.02 Å². The first kappa shape index (κ1) is 15.4. The predicted molar refractivity (Wildman–Crippen MR) is 81.7 cm³/mol. The van der Waals surface area contributed by atoms with Crippen LogP contribution in [0, 0.1) is 6.92 Å². The van der Waals surface area contributed by atoms with Gasteiger partial charge in [0.25, 0.3) is 0 Å². The van der Waals surface area contributed by atoms with Crippen LogP contribution < -0.4 is 0 Å². The van der Waals surface area contributed by atoms with Gasteiger partial charge in [-0.3, -0.25) is 4.98 Å². The van der Waals surface area contributed by atoms with Crippen molar-refractivity contribution in [3.8, 4) is 0 Å². The van der Waals surface area contributed by atoms with E-state index in [0.29, 0.717) is 0 Å². The smallest absolute Gasteiger partial charge is 0.246 e. The summed E-state index contributed by atoms with van der Waals surface area (Å²) >= 11 is 7.55. The van der Waals surface area contributed by atoms with Crippen molar-refractivity contribution >= 4 is 33.0 Å². The molecule has 0 amide bonds. The predicted octanol–water partition coefficient (Wildman–Crippen LogP) is 3.49. The number of aryl methyl sites for hydroxylation is 1.